The number of rotatable bonds is 2. The van der Waals surface area contributed by atoms with Gasteiger partial charge < -0.3 is 5.32 Å². The van der Waals surface area contributed by atoms with Crippen LogP contribution in [0.15, 0.2) is 40.9 Å². The Hall–Kier alpha value is -1.03. The van der Waals surface area contributed by atoms with Crippen molar-refractivity contribution in [3.63, 3.8) is 0 Å². The van der Waals surface area contributed by atoms with E-state index in [0.29, 0.717) is 21.3 Å². The van der Waals surface area contributed by atoms with Crippen LogP contribution < -0.4 is 5.32 Å². The Labute approximate surface area is 129 Å². The third-order valence-electron chi connectivity index (χ3n) is 2.61. The number of anilines is 1. The molecule has 0 atom stereocenters. The molecule has 0 heterocycles. The lowest BCUT2D eigenvalue weighted by molar-refractivity contribution is 0.102. The van der Waals surface area contributed by atoms with Crippen LogP contribution in [0.4, 0.5) is 5.69 Å². The van der Waals surface area contributed by atoms with Gasteiger partial charge in [-0.2, -0.15) is 0 Å². The summed E-state index contributed by atoms with van der Waals surface area (Å²) in [6.45, 7) is 1.85. The molecule has 0 saturated heterocycles. The molecule has 1 amide bonds. The minimum Gasteiger partial charge on any atom is -0.321 e. The molecule has 2 nitrogen and oxygen atoms in total. The molecule has 0 aliphatic carbocycles. The average Bonchev–Trinajstić information content (AvgIpc) is 2.37. The van der Waals surface area contributed by atoms with Crippen LogP contribution in [0.1, 0.15) is 15.9 Å². The number of carbonyl (C=O) groups is 1. The summed E-state index contributed by atoms with van der Waals surface area (Å²) in [6, 6.07) is 10.6. The van der Waals surface area contributed by atoms with Crippen LogP contribution in [-0.2, 0) is 0 Å². The summed E-state index contributed by atoms with van der Waals surface area (Å²) >= 11 is 15.5. The number of hydrogen-bond acceptors (Lipinski definition) is 1. The fraction of sp³-hybridized carbons (Fsp3) is 0.0714. The summed E-state index contributed by atoms with van der Waals surface area (Å²) in [7, 11) is 0. The van der Waals surface area contributed by atoms with Gasteiger partial charge in [-0.1, -0.05) is 51.3 Å². The predicted octanol–water partition coefficient (Wildman–Crippen LogP) is 5.32. The van der Waals surface area contributed by atoms with Gasteiger partial charge in [-0.15, -0.1) is 0 Å². The lowest BCUT2D eigenvalue weighted by atomic mass is 10.1. The second kappa shape index (κ2) is 5.95. The highest BCUT2D eigenvalue weighted by molar-refractivity contribution is 9.10. The van der Waals surface area contributed by atoms with Crippen molar-refractivity contribution in [3.05, 3.63) is 62.0 Å². The summed E-state index contributed by atoms with van der Waals surface area (Å²) in [6.07, 6.45) is 0. The van der Waals surface area contributed by atoms with Crippen LogP contribution >= 0.6 is 39.1 Å². The number of amides is 1. The summed E-state index contributed by atoms with van der Waals surface area (Å²) in [4.78, 5) is 12.2. The Morgan fingerprint density at radius 2 is 1.95 bits per heavy atom. The number of carbonyl (C=O) groups excluding carboxylic acids is 1. The van der Waals surface area contributed by atoms with Gasteiger partial charge in [0.15, 0.2) is 0 Å². The first kappa shape index (κ1) is 14.4. The SMILES string of the molecule is Cc1cccc(C(=O)Nc2cc(Br)ccc2Cl)c1Cl. The molecule has 1 N–H and O–H groups in total. The van der Waals surface area contributed by atoms with Crippen LogP contribution in [-0.4, -0.2) is 5.91 Å². The smallest absolute Gasteiger partial charge is 0.257 e. The van der Waals surface area contributed by atoms with Crippen LogP contribution in [0.2, 0.25) is 10.0 Å². The topological polar surface area (TPSA) is 29.1 Å². The molecule has 0 aliphatic heterocycles. The second-order valence-corrected chi connectivity index (χ2v) is 5.72. The van der Waals surface area contributed by atoms with E-state index in [9.17, 15) is 4.79 Å². The molecule has 2 rings (SSSR count). The van der Waals surface area contributed by atoms with Gasteiger partial charge in [0.1, 0.15) is 0 Å². The third-order valence-corrected chi connectivity index (χ3v) is 3.94. The first-order valence-corrected chi connectivity index (χ1v) is 7.05. The minimum absolute atomic E-state index is 0.284. The van der Waals surface area contributed by atoms with Gasteiger partial charge in [-0.25, -0.2) is 0 Å². The maximum absolute atomic E-state index is 12.2. The second-order valence-electron chi connectivity index (χ2n) is 4.01. The Morgan fingerprint density at radius 3 is 2.68 bits per heavy atom. The van der Waals surface area contributed by atoms with Crippen molar-refractivity contribution < 1.29 is 4.79 Å². The molecular weight excluding hydrogens is 349 g/mol. The number of hydrogen-bond donors (Lipinski definition) is 1. The van der Waals surface area contributed by atoms with E-state index < -0.39 is 0 Å². The standard InChI is InChI=1S/C14H10BrCl2NO/c1-8-3-2-4-10(13(8)17)14(19)18-12-7-9(15)5-6-11(12)16/h2-7H,1H3,(H,18,19). The molecule has 2 aromatic carbocycles. The lowest BCUT2D eigenvalue weighted by Crippen LogP contribution is -2.13. The number of halogens is 3. The van der Waals surface area contributed by atoms with Crippen molar-refractivity contribution in [3.8, 4) is 0 Å². The number of aryl methyl sites for hydroxylation is 1. The zero-order valence-corrected chi connectivity index (χ0v) is 13.1. The lowest BCUT2D eigenvalue weighted by Gasteiger charge is -2.10. The fourth-order valence-corrected chi connectivity index (χ4v) is 2.34. The molecule has 0 aliphatic rings. The van der Waals surface area contributed by atoms with Crippen LogP contribution in [0, 0.1) is 6.92 Å². The van der Waals surface area contributed by atoms with E-state index in [4.69, 9.17) is 23.2 Å². The van der Waals surface area contributed by atoms with Gasteiger partial charge in [0.2, 0.25) is 0 Å². The minimum atomic E-state index is -0.284. The molecule has 5 heteroatoms. The van der Waals surface area contributed by atoms with Crippen LogP contribution in [0.3, 0.4) is 0 Å². The van der Waals surface area contributed by atoms with Crippen molar-refractivity contribution in [1.29, 1.82) is 0 Å². The van der Waals surface area contributed by atoms with Crippen LogP contribution in [0.5, 0.6) is 0 Å². The fourth-order valence-electron chi connectivity index (χ4n) is 1.61. The van der Waals surface area contributed by atoms with E-state index in [-0.39, 0.29) is 5.91 Å². The predicted molar refractivity (Wildman–Crippen MR) is 83.3 cm³/mol. The largest absolute Gasteiger partial charge is 0.321 e. The molecule has 0 aromatic heterocycles. The average molecular weight is 359 g/mol. The molecule has 0 saturated carbocycles. The highest BCUT2D eigenvalue weighted by atomic mass is 79.9. The van der Waals surface area contributed by atoms with Gasteiger partial charge in [0.05, 0.1) is 21.3 Å². The van der Waals surface area contributed by atoms with Gasteiger partial charge in [-0.05, 0) is 36.8 Å². The maximum atomic E-state index is 12.2. The van der Waals surface area contributed by atoms with Gasteiger partial charge in [0.25, 0.3) is 5.91 Å². The van der Waals surface area contributed by atoms with Crippen molar-refractivity contribution in [1.82, 2.24) is 0 Å². The van der Waals surface area contributed by atoms with E-state index in [1.165, 1.54) is 0 Å². The summed E-state index contributed by atoms with van der Waals surface area (Å²) < 4.78 is 0.836. The van der Waals surface area contributed by atoms with Crippen LogP contribution in [0.25, 0.3) is 0 Å². The van der Waals surface area contributed by atoms with E-state index in [2.05, 4.69) is 21.2 Å². The molecule has 0 spiro atoms. The van der Waals surface area contributed by atoms with Crippen molar-refractivity contribution >= 4 is 50.7 Å². The van der Waals surface area contributed by atoms with E-state index in [0.717, 1.165) is 10.0 Å². The first-order valence-electron chi connectivity index (χ1n) is 5.50. The van der Waals surface area contributed by atoms with Gasteiger partial charge >= 0.3 is 0 Å². The van der Waals surface area contributed by atoms with Gasteiger partial charge in [-0.3, -0.25) is 4.79 Å². The quantitative estimate of drug-likeness (QED) is 0.773. The van der Waals surface area contributed by atoms with E-state index in [1.807, 2.05) is 13.0 Å². The number of nitrogens with one attached hydrogen (secondary N) is 1. The molecule has 98 valence electrons. The maximum Gasteiger partial charge on any atom is 0.257 e. The van der Waals surface area contributed by atoms with Crippen molar-refractivity contribution in [2.24, 2.45) is 0 Å². The van der Waals surface area contributed by atoms with Crippen molar-refractivity contribution in [2.75, 3.05) is 5.32 Å². The molecule has 2 aromatic rings. The molecule has 0 unspecified atom stereocenters. The molecular formula is C14H10BrCl2NO. The van der Waals surface area contributed by atoms with Crippen molar-refractivity contribution in [2.45, 2.75) is 6.92 Å². The zero-order chi connectivity index (χ0) is 14.0. The Kier molecular flexibility index (Phi) is 4.50. The Bertz CT molecular complexity index is 643. The Morgan fingerprint density at radius 1 is 1.21 bits per heavy atom. The molecule has 0 fully saturated rings. The molecule has 0 radical (unpaired) electrons. The Balaban J connectivity index is 2.31. The first-order chi connectivity index (χ1) is 8.99. The van der Waals surface area contributed by atoms with E-state index in [1.54, 1.807) is 30.3 Å². The summed E-state index contributed by atoms with van der Waals surface area (Å²) in [5.41, 5.74) is 1.82. The monoisotopic (exact) mass is 357 g/mol. The van der Waals surface area contributed by atoms with E-state index >= 15 is 0 Å². The zero-order valence-electron chi connectivity index (χ0n) is 10.0. The van der Waals surface area contributed by atoms with Gasteiger partial charge in [0, 0.05) is 4.47 Å². The third kappa shape index (κ3) is 3.30. The summed E-state index contributed by atoms with van der Waals surface area (Å²) in [5, 5.41) is 3.67. The number of benzene rings is 2. The molecule has 0 bridgehead atoms. The normalized spacial score (nSPS) is 10.3. The highest BCUT2D eigenvalue weighted by Gasteiger charge is 2.13. The summed E-state index contributed by atoms with van der Waals surface area (Å²) in [5.74, 6) is -0.284. The molecule has 19 heavy (non-hydrogen) atoms. The highest BCUT2D eigenvalue weighted by Crippen LogP contribution is 2.27.